The number of aliphatic hydroxyl groups is 3. The number of aliphatic hydroxyl groups excluding tert-OH is 3. The second-order valence-electron chi connectivity index (χ2n) is 7.37. The van der Waals surface area contributed by atoms with Gasteiger partial charge in [0.2, 0.25) is 5.85 Å². The highest BCUT2D eigenvalue weighted by Crippen LogP contribution is 2.44. The summed E-state index contributed by atoms with van der Waals surface area (Å²) in [7, 11) is 1.55. The fraction of sp³-hybridized carbons (Fsp3) is 0.579. The molecule has 1 aromatic carbocycles. The Bertz CT molecular complexity index is 816. The maximum atomic E-state index is 15.0. The van der Waals surface area contributed by atoms with E-state index in [9.17, 15) is 19.0 Å². The van der Waals surface area contributed by atoms with E-state index in [4.69, 9.17) is 14.6 Å². The third-order valence-electron chi connectivity index (χ3n) is 5.34. The zero-order valence-corrected chi connectivity index (χ0v) is 16.3. The number of aromatic nitrogens is 3. The summed E-state index contributed by atoms with van der Waals surface area (Å²) in [4.78, 5) is 0. The predicted octanol–water partition coefficient (Wildman–Crippen LogP) is 1.27. The van der Waals surface area contributed by atoms with Gasteiger partial charge in [0.1, 0.15) is 23.7 Å². The third-order valence-corrected chi connectivity index (χ3v) is 5.34. The van der Waals surface area contributed by atoms with Crippen LogP contribution < -0.4 is 4.74 Å². The number of halogens is 2. The van der Waals surface area contributed by atoms with Crippen LogP contribution in [0.4, 0.5) is 8.78 Å². The number of hydrogen-bond acceptors (Lipinski definition) is 7. The smallest absolute Gasteiger partial charge is 0.240 e. The van der Waals surface area contributed by atoms with Crippen LogP contribution in [0.5, 0.6) is 5.75 Å². The van der Waals surface area contributed by atoms with E-state index >= 15 is 0 Å². The van der Waals surface area contributed by atoms with Crippen LogP contribution >= 0.6 is 0 Å². The first-order valence-electron chi connectivity index (χ1n) is 9.23. The molecule has 1 saturated heterocycles. The Labute approximate surface area is 166 Å². The summed E-state index contributed by atoms with van der Waals surface area (Å²) in [6.45, 7) is 1.73. The average Bonchev–Trinajstić information content (AvgIpc) is 3.19. The van der Waals surface area contributed by atoms with E-state index in [1.165, 1.54) is 10.9 Å². The summed E-state index contributed by atoms with van der Waals surface area (Å²) in [6, 6.07) is 5.85. The topological polar surface area (TPSA) is 110 Å². The van der Waals surface area contributed by atoms with Crippen molar-refractivity contribution in [2.45, 2.75) is 50.2 Å². The first-order chi connectivity index (χ1) is 13.7. The van der Waals surface area contributed by atoms with Crippen LogP contribution in [0.15, 0.2) is 30.5 Å². The molecule has 160 valence electrons. The number of alkyl halides is 2. The lowest BCUT2D eigenvalue weighted by Crippen LogP contribution is -2.59. The lowest BCUT2D eigenvalue weighted by molar-refractivity contribution is -0.288. The number of rotatable bonds is 6. The number of methoxy groups -OCH3 is 1. The summed E-state index contributed by atoms with van der Waals surface area (Å²) in [6.07, 6.45) is -5.04. The molecule has 2 unspecified atom stereocenters. The summed E-state index contributed by atoms with van der Waals surface area (Å²) < 4.78 is 41.3. The van der Waals surface area contributed by atoms with Gasteiger partial charge < -0.3 is 24.8 Å². The van der Waals surface area contributed by atoms with E-state index in [0.717, 1.165) is 6.92 Å². The molecule has 1 aliphatic rings. The molecule has 8 nitrogen and oxygen atoms in total. The van der Waals surface area contributed by atoms with Crippen LogP contribution in [-0.2, 0) is 4.74 Å². The van der Waals surface area contributed by atoms with Gasteiger partial charge in [0.05, 0.1) is 32.1 Å². The van der Waals surface area contributed by atoms with E-state index in [2.05, 4.69) is 10.3 Å². The van der Waals surface area contributed by atoms with Crippen LogP contribution in [0.3, 0.4) is 0 Å². The van der Waals surface area contributed by atoms with E-state index in [1.54, 1.807) is 38.3 Å². The van der Waals surface area contributed by atoms with Crippen LogP contribution in [0.25, 0.3) is 11.3 Å². The Balaban J connectivity index is 1.91. The van der Waals surface area contributed by atoms with Crippen molar-refractivity contribution in [1.82, 2.24) is 15.0 Å². The molecular weight excluding hydrogens is 388 g/mol. The van der Waals surface area contributed by atoms with Gasteiger partial charge in [-0.3, -0.25) is 0 Å². The Morgan fingerprint density at radius 3 is 2.55 bits per heavy atom. The van der Waals surface area contributed by atoms with Gasteiger partial charge in [0, 0.05) is 11.5 Å². The SMILES string of the molecule is COc1ccc(-c2cn([C@H]3C(F)C(C)(F)O[C@@H]([C@H](O)[C@H](O)CO)[C@@H]3C)nn2)cc1. The second-order valence-corrected chi connectivity index (χ2v) is 7.37. The Morgan fingerprint density at radius 1 is 1.31 bits per heavy atom. The van der Waals surface area contributed by atoms with E-state index in [-0.39, 0.29) is 0 Å². The van der Waals surface area contributed by atoms with Crippen molar-refractivity contribution >= 4 is 0 Å². The summed E-state index contributed by atoms with van der Waals surface area (Å²) in [5.74, 6) is -2.85. The van der Waals surface area contributed by atoms with Crippen molar-refractivity contribution in [3.63, 3.8) is 0 Å². The van der Waals surface area contributed by atoms with Crippen LogP contribution in [0, 0.1) is 5.92 Å². The molecule has 1 aliphatic heterocycles. The molecule has 0 saturated carbocycles. The highest BCUT2D eigenvalue weighted by Gasteiger charge is 2.55. The lowest BCUT2D eigenvalue weighted by atomic mass is 9.82. The highest BCUT2D eigenvalue weighted by molar-refractivity contribution is 5.58. The predicted molar refractivity (Wildman–Crippen MR) is 98.6 cm³/mol. The number of ether oxygens (including phenoxy) is 2. The molecule has 3 N–H and O–H groups in total. The van der Waals surface area contributed by atoms with Crippen LogP contribution in [0.2, 0.25) is 0 Å². The van der Waals surface area contributed by atoms with Crippen molar-refractivity contribution in [2.24, 2.45) is 5.92 Å². The zero-order valence-electron chi connectivity index (χ0n) is 16.3. The minimum Gasteiger partial charge on any atom is -0.497 e. The van der Waals surface area contributed by atoms with Gasteiger partial charge in [-0.05, 0) is 31.2 Å². The molecule has 2 heterocycles. The molecule has 10 heteroatoms. The molecule has 3 rings (SSSR count). The molecule has 2 aromatic rings. The summed E-state index contributed by atoms with van der Waals surface area (Å²) in [5.41, 5.74) is 1.16. The quantitative estimate of drug-likeness (QED) is 0.654. The molecule has 7 atom stereocenters. The number of benzene rings is 1. The van der Waals surface area contributed by atoms with Crippen molar-refractivity contribution in [1.29, 1.82) is 0 Å². The van der Waals surface area contributed by atoms with Gasteiger partial charge in [-0.1, -0.05) is 12.1 Å². The lowest BCUT2D eigenvalue weighted by Gasteiger charge is -2.46. The molecule has 0 bridgehead atoms. The molecule has 29 heavy (non-hydrogen) atoms. The molecule has 1 aromatic heterocycles. The van der Waals surface area contributed by atoms with Gasteiger partial charge in [-0.15, -0.1) is 5.10 Å². The van der Waals surface area contributed by atoms with Gasteiger partial charge >= 0.3 is 0 Å². The second kappa shape index (κ2) is 8.31. The molecule has 0 amide bonds. The van der Waals surface area contributed by atoms with Crippen molar-refractivity contribution < 1.29 is 33.6 Å². The largest absolute Gasteiger partial charge is 0.497 e. The van der Waals surface area contributed by atoms with Crippen LogP contribution in [-0.4, -0.2) is 74.4 Å². The fourth-order valence-electron chi connectivity index (χ4n) is 3.60. The summed E-state index contributed by atoms with van der Waals surface area (Å²) in [5, 5.41) is 37.1. The first kappa shape index (κ1) is 21.6. The van der Waals surface area contributed by atoms with Crippen molar-refractivity contribution in [3.8, 4) is 17.0 Å². The van der Waals surface area contributed by atoms with Crippen LogP contribution in [0.1, 0.15) is 19.9 Å². The number of nitrogens with zero attached hydrogens (tertiary/aromatic N) is 3. The highest BCUT2D eigenvalue weighted by atomic mass is 19.2. The van der Waals surface area contributed by atoms with Gasteiger partial charge in [-0.2, -0.15) is 0 Å². The summed E-state index contributed by atoms with van der Waals surface area (Å²) >= 11 is 0. The monoisotopic (exact) mass is 413 g/mol. The maximum Gasteiger partial charge on any atom is 0.240 e. The van der Waals surface area contributed by atoms with Crippen molar-refractivity contribution in [3.05, 3.63) is 30.5 Å². The first-order valence-corrected chi connectivity index (χ1v) is 9.23. The molecule has 0 aliphatic carbocycles. The van der Waals surface area contributed by atoms with E-state index < -0.39 is 48.9 Å². The minimum atomic E-state index is -2.73. The maximum absolute atomic E-state index is 15.0. The number of hydrogen-bond donors (Lipinski definition) is 3. The van der Waals surface area contributed by atoms with Crippen molar-refractivity contribution in [2.75, 3.05) is 13.7 Å². The minimum absolute atomic E-state index is 0.451. The fourth-order valence-corrected chi connectivity index (χ4v) is 3.60. The Kier molecular flexibility index (Phi) is 6.18. The van der Waals surface area contributed by atoms with E-state index in [1.807, 2.05) is 0 Å². The Hall–Kier alpha value is -2.14. The van der Waals surface area contributed by atoms with E-state index in [0.29, 0.717) is 17.0 Å². The molecule has 0 spiro atoms. The van der Waals surface area contributed by atoms with Gasteiger partial charge in [0.15, 0.2) is 6.17 Å². The van der Waals surface area contributed by atoms with Gasteiger partial charge in [-0.25, -0.2) is 13.5 Å². The molecule has 0 radical (unpaired) electrons. The third kappa shape index (κ3) is 4.11. The zero-order chi connectivity index (χ0) is 21.3. The standard InChI is InChI=1S/C19H25F2N3O5/c1-10-15(18(20)19(2,21)29-17(10)16(27)14(26)9-25)24-8-13(22-23-24)11-4-6-12(28-3)7-5-11/h4-8,10,14-18,25-27H,9H2,1-3H3/t10-,14-,15-,16-,17-,18?,19?/m1/s1. The normalized spacial score (nSPS) is 32.0. The Morgan fingerprint density at radius 2 is 1.97 bits per heavy atom. The molecular formula is C19H25F2N3O5. The average molecular weight is 413 g/mol. The molecule has 1 fully saturated rings. The van der Waals surface area contributed by atoms with Gasteiger partial charge in [0.25, 0.3) is 0 Å².